The van der Waals surface area contributed by atoms with Crippen LogP contribution in [0.15, 0.2) is 54.7 Å². The fourth-order valence-electron chi connectivity index (χ4n) is 2.95. The van der Waals surface area contributed by atoms with E-state index < -0.39 is 10.0 Å². The van der Waals surface area contributed by atoms with E-state index in [1.54, 1.807) is 35.1 Å². The van der Waals surface area contributed by atoms with Crippen LogP contribution in [0.2, 0.25) is 0 Å². The van der Waals surface area contributed by atoms with Crippen LogP contribution in [0.4, 0.5) is 10.1 Å². The van der Waals surface area contributed by atoms with Gasteiger partial charge in [-0.2, -0.15) is 5.10 Å². The van der Waals surface area contributed by atoms with Gasteiger partial charge in [-0.25, -0.2) is 17.5 Å². The standard InChI is InChI=1S/C20H21FN4O3S/c1-13(19-12-22-25(14(19)2)18-10-6-16(21)7-11-18)23-20(26)15-4-8-17(9-5-15)24-29(3,27)28/h4-13,24H,1-3H3,(H,23,26). The number of halogens is 1. The number of carbonyl (C=O) groups excluding carboxylic acids is 1. The van der Waals surface area contributed by atoms with Gasteiger partial charge in [0.2, 0.25) is 10.0 Å². The van der Waals surface area contributed by atoms with Crippen molar-refractivity contribution >= 4 is 21.6 Å². The minimum absolute atomic E-state index is 0.294. The highest BCUT2D eigenvalue weighted by Crippen LogP contribution is 2.21. The van der Waals surface area contributed by atoms with Gasteiger partial charge < -0.3 is 5.32 Å². The van der Waals surface area contributed by atoms with Crippen molar-refractivity contribution in [1.29, 1.82) is 0 Å². The van der Waals surface area contributed by atoms with Crippen molar-refractivity contribution in [2.24, 2.45) is 0 Å². The van der Waals surface area contributed by atoms with Crippen molar-refractivity contribution in [3.63, 3.8) is 0 Å². The fraction of sp³-hybridized carbons (Fsp3) is 0.200. The molecular formula is C20H21FN4O3S. The molecule has 152 valence electrons. The lowest BCUT2D eigenvalue weighted by atomic mass is 10.1. The summed E-state index contributed by atoms with van der Waals surface area (Å²) < 4.78 is 39.7. The summed E-state index contributed by atoms with van der Waals surface area (Å²) >= 11 is 0. The SMILES string of the molecule is Cc1c(C(C)NC(=O)c2ccc(NS(C)(=O)=O)cc2)cnn1-c1ccc(F)cc1. The lowest BCUT2D eigenvalue weighted by molar-refractivity contribution is 0.0940. The summed E-state index contributed by atoms with van der Waals surface area (Å²) in [7, 11) is -3.37. The van der Waals surface area contributed by atoms with E-state index in [1.165, 1.54) is 24.3 Å². The van der Waals surface area contributed by atoms with Gasteiger partial charge in [0.05, 0.1) is 24.2 Å². The molecule has 0 saturated heterocycles. The molecule has 0 aliphatic carbocycles. The zero-order valence-electron chi connectivity index (χ0n) is 16.2. The van der Waals surface area contributed by atoms with Crippen molar-refractivity contribution in [3.05, 3.63) is 77.4 Å². The summed E-state index contributed by atoms with van der Waals surface area (Å²) in [5.41, 5.74) is 3.17. The second-order valence-electron chi connectivity index (χ2n) is 6.72. The van der Waals surface area contributed by atoms with E-state index in [0.717, 1.165) is 23.2 Å². The van der Waals surface area contributed by atoms with Crippen molar-refractivity contribution < 1.29 is 17.6 Å². The quantitative estimate of drug-likeness (QED) is 0.645. The van der Waals surface area contributed by atoms with Crippen LogP contribution >= 0.6 is 0 Å². The first-order chi connectivity index (χ1) is 13.6. The molecule has 1 aromatic heterocycles. The zero-order valence-corrected chi connectivity index (χ0v) is 17.0. The molecule has 0 fully saturated rings. The highest BCUT2D eigenvalue weighted by atomic mass is 32.2. The van der Waals surface area contributed by atoms with Gasteiger partial charge in [-0.3, -0.25) is 9.52 Å². The number of nitrogens with one attached hydrogen (secondary N) is 2. The maximum Gasteiger partial charge on any atom is 0.251 e. The molecule has 7 nitrogen and oxygen atoms in total. The third-order valence-corrected chi connectivity index (χ3v) is 4.99. The second kappa shape index (κ2) is 8.04. The third-order valence-electron chi connectivity index (χ3n) is 4.38. The van der Waals surface area contributed by atoms with Crippen molar-refractivity contribution in [1.82, 2.24) is 15.1 Å². The van der Waals surface area contributed by atoms with E-state index in [2.05, 4.69) is 15.1 Å². The number of hydrogen-bond acceptors (Lipinski definition) is 4. The van der Waals surface area contributed by atoms with Crippen LogP contribution in [0.1, 0.15) is 34.6 Å². The number of sulfonamides is 1. The lowest BCUT2D eigenvalue weighted by Crippen LogP contribution is -2.27. The fourth-order valence-corrected chi connectivity index (χ4v) is 3.52. The topological polar surface area (TPSA) is 93.1 Å². The monoisotopic (exact) mass is 416 g/mol. The van der Waals surface area contributed by atoms with Crippen LogP contribution in [0.3, 0.4) is 0 Å². The van der Waals surface area contributed by atoms with E-state index in [-0.39, 0.29) is 17.8 Å². The van der Waals surface area contributed by atoms with Crippen LogP contribution in [0.5, 0.6) is 0 Å². The minimum Gasteiger partial charge on any atom is -0.345 e. The first-order valence-electron chi connectivity index (χ1n) is 8.83. The summed E-state index contributed by atoms with van der Waals surface area (Å²) in [4.78, 5) is 12.5. The van der Waals surface area contributed by atoms with E-state index in [1.807, 2.05) is 13.8 Å². The normalized spacial score (nSPS) is 12.4. The van der Waals surface area contributed by atoms with Crippen LogP contribution in [-0.4, -0.2) is 30.4 Å². The Balaban J connectivity index is 1.72. The van der Waals surface area contributed by atoms with Gasteiger partial charge in [0.1, 0.15) is 5.82 Å². The van der Waals surface area contributed by atoms with Gasteiger partial charge >= 0.3 is 0 Å². The molecule has 1 heterocycles. The van der Waals surface area contributed by atoms with E-state index in [0.29, 0.717) is 11.3 Å². The van der Waals surface area contributed by atoms with Crippen LogP contribution in [-0.2, 0) is 10.0 Å². The van der Waals surface area contributed by atoms with Gasteiger partial charge in [0.15, 0.2) is 0 Å². The Morgan fingerprint density at radius 1 is 1.10 bits per heavy atom. The van der Waals surface area contributed by atoms with Crippen LogP contribution in [0, 0.1) is 12.7 Å². The molecule has 29 heavy (non-hydrogen) atoms. The maximum absolute atomic E-state index is 13.1. The number of aromatic nitrogens is 2. The first-order valence-corrected chi connectivity index (χ1v) is 10.7. The number of carbonyl (C=O) groups is 1. The Morgan fingerprint density at radius 2 is 1.72 bits per heavy atom. The van der Waals surface area contributed by atoms with Crippen molar-refractivity contribution in [3.8, 4) is 5.69 Å². The Labute approximate surface area is 168 Å². The Morgan fingerprint density at radius 3 is 2.31 bits per heavy atom. The predicted octanol–water partition coefficient (Wildman–Crippen LogP) is 3.18. The number of amides is 1. The number of rotatable bonds is 6. The molecule has 0 spiro atoms. The summed E-state index contributed by atoms with van der Waals surface area (Å²) in [6.45, 7) is 3.72. The van der Waals surface area contributed by atoms with Gasteiger partial charge in [-0.1, -0.05) is 0 Å². The molecule has 0 aliphatic heterocycles. The zero-order chi connectivity index (χ0) is 21.2. The minimum atomic E-state index is -3.37. The number of anilines is 1. The Kier molecular flexibility index (Phi) is 5.69. The molecule has 2 aromatic carbocycles. The first kappa shape index (κ1) is 20.5. The number of hydrogen-bond donors (Lipinski definition) is 2. The van der Waals surface area contributed by atoms with E-state index in [4.69, 9.17) is 0 Å². The number of benzene rings is 2. The van der Waals surface area contributed by atoms with Crippen molar-refractivity contribution in [2.75, 3.05) is 11.0 Å². The summed E-state index contributed by atoms with van der Waals surface area (Å²) in [5, 5.41) is 7.24. The summed E-state index contributed by atoms with van der Waals surface area (Å²) in [6.07, 6.45) is 2.73. The number of nitrogens with zero attached hydrogens (tertiary/aromatic N) is 2. The molecule has 0 radical (unpaired) electrons. The molecule has 9 heteroatoms. The van der Waals surface area contributed by atoms with Gasteiger partial charge in [-0.15, -0.1) is 0 Å². The molecule has 3 aromatic rings. The Bertz CT molecular complexity index is 1120. The van der Waals surface area contributed by atoms with Gasteiger partial charge in [0, 0.05) is 22.5 Å². The molecule has 0 aliphatic rings. The second-order valence-corrected chi connectivity index (χ2v) is 8.47. The average Bonchev–Trinajstić information content (AvgIpc) is 3.03. The molecule has 1 amide bonds. The largest absolute Gasteiger partial charge is 0.345 e. The van der Waals surface area contributed by atoms with Gasteiger partial charge in [-0.05, 0) is 62.4 Å². The average molecular weight is 416 g/mol. The smallest absolute Gasteiger partial charge is 0.251 e. The summed E-state index contributed by atoms with van der Waals surface area (Å²) in [5.74, 6) is -0.616. The Hall–Kier alpha value is -3.20. The molecule has 1 unspecified atom stereocenters. The maximum atomic E-state index is 13.1. The summed E-state index contributed by atoms with van der Waals surface area (Å²) in [6, 6.07) is 11.8. The molecule has 0 saturated carbocycles. The van der Waals surface area contributed by atoms with Crippen LogP contribution in [0.25, 0.3) is 5.69 Å². The van der Waals surface area contributed by atoms with Crippen molar-refractivity contribution in [2.45, 2.75) is 19.9 Å². The highest BCUT2D eigenvalue weighted by Gasteiger charge is 2.17. The molecule has 2 N–H and O–H groups in total. The molecule has 0 bridgehead atoms. The highest BCUT2D eigenvalue weighted by molar-refractivity contribution is 7.92. The third kappa shape index (κ3) is 5.00. The molecular weight excluding hydrogens is 395 g/mol. The molecule has 3 rings (SSSR count). The lowest BCUT2D eigenvalue weighted by Gasteiger charge is -2.14. The molecule has 1 atom stereocenters. The predicted molar refractivity (Wildman–Crippen MR) is 109 cm³/mol. The van der Waals surface area contributed by atoms with E-state index in [9.17, 15) is 17.6 Å². The van der Waals surface area contributed by atoms with E-state index >= 15 is 0 Å². The van der Waals surface area contributed by atoms with Crippen LogP contribution < -0.4 is 10.0 Å². The van der Waals surface area contributed by atoms with Gasteiger partial charge in [0.25, 0.3) is 5.91 Å².